The first-order chi connectivity index (χ1) is 13.5. The summed E-state index contributed by atoms with van der Waals surface area (Å²) < 4.78 is 6.10. The van der Waals surface area contributed by atoms with Gasteiger partial charge in [-0.15, -0.1) is 0 Å². The molecule has 2 amide bonds. The van der Waals surface area contributed by atoms with E-state index in [1.165, 1.54) is 0 Å². The molecule has 2 saturated heterocycles. The summed E-state index contributed by atoms with van der Waals surface area (Å²) >= 11 is 0. The molecule has 2 fully saturated rings. The van der Waals surface area contributed by atoms with E-state index in [9.17, 15) is 9.59 Å². The van der Waals surface area contributed by atoms with Gasteiger partial charge in [0.2, 0.25) is 5.91 Å². The summed E-state index contributed by atoms with van der Waals surface area (Å²) in [4.78, 5) is 36.3. The second-order valence-electron chi connectivity index (χ2n) is 7.69. The molecule has 1 aromatic heterocycles. The van der Waals surface area contributed by atoms with Crippen molar-refractivity contribution in [3.8, 4) is 11.4 Å². The van der Waals surface area contributed by atoms with Crippen molar-refractivity contribution in [3.05, 3.63) is 41.7 Å². The number of hydrogen-bond donors (Lipinski definition) is 1. The zero-order valence-electron chi connectivity index (χ0n) is 16.4. The number of aromatic amines is 1. The molecule has 2 aromatic rings. The average Bonchev–Trinajstić information content (AvgIpc) is 3.10. The normalized spacial score (nSPS) is 19.1. The van der Waals surface area contributed by atoms with E-state index in [4.69, 9.17) is 4.74 Å². The molecule has 148 valence electrons. The maximum absolute atomic E-state index is 13.2. The Kier molecular flexibility index (Phi) is 4.93. The molecule has 2 aliphatic rings. The van der Waals surface area contributed by atoms with Gasteiger partial charge in [-0.25, -0.2) is 4.98 Å². The zero-order valence-corrected chi connectivity index (χ0v) is 16.4. The zero-order chi connectivity index (χ0) is 19.7. The lowest BCUT2D eigenvalue weighted by Crippen LogP contribution is -2.58. The van der Waals surface area contributed by atoms with Gasteiger partial charge in [-0.2, -0.15) is 0 Å². The highest BCUT2D eigenvalue weighted by Crippen LogP contribution is 2.31. The number of aryl methyl sites for hydroxylation is 1. The Labute approximate surface area is 164 Å². The molecule has 1 spiro atoms. The van der Waals surface area contributed by atoms with Gasteiger partial charge in [0.1, 0.15) is 11.5 Å². The summed E-state index contributed by atoms with van der Waals surface area (Å²) in [7, 11) is 0. The van der Waals surface area contributed by atoms with Crippen molar-refractivity contribution in [3.63, 3.8) is 0 Å². The van der Waals surface area contributed by atoms with Crippen molar-refractivity contribution in [2.45, 2.75) is 32.3 Å². The minimum Gasteiger partial charge on any atom is -0.371 e. The van der Waals surface area contributed by atoms with E-state index in [2.05, 4.69) is 9.97 Å². The minimum atomic E-state index is -0.355. The number of H-pyrrole nitrogens is 1. The second kappa shape index (κ2) is 7.39. The summed E-state index contributed by atoms with van der Waals surface area (Å²) in [6, 6.07) is 9.80. The maximum atomic E-state index is 13.2. The lowest BCUT2D eigenvalue weighted by molar-refractivity contribution is -0.145. The summed E-state index contributed by atoms with van der Waals surface area (Å²) in [5.74, 6) is 0.742. The fourth-order valence-corrected chi connectivity index (χ4v) is 4.10. The molecular formula is C21H26N4O3. The molecule has 0 saturated carbocycles. The number of nitrogens with one attached hydrogen (secondary N) is 1. The van der Waals surface area contributed by atoms with E-state index in [1.54, 1.807) is 6.92 Å². The molecule has 1 N–H and O–H groups in total. The highest BCUT2D eigenvalue weighted by atomic mass is 16.5. The number of carbonyl (C=O) groups is 2. The van der Waals surface area contributed by atoms with E-state index in [-0.39, 0.29) is 17.4 Å². The molecule has 0 bridgehead atoms. The number of benzene rings is 1. The Morgan fingerprint density at radius 1 is 1.11 bits per heavy atom. The monoisotopic (exact) mass is 382 g/mol. The quantitative estimate of drug-likeness (QED) is 0.864. The Morgan fingerprint density at radius 2 is 1.82 bits per heavy atom. The van der Waals surface area contributed by atoms with Crippen molar-refractivity contribution in [1.29, 1.82) is 0 Å². The van der Waals surface area contributed by atoms with E-state index in [1.807, 2.05) is 47.1 Å². The Bertz CT molecular complexity index is 869. The Hall–Kier alpha value is -2.67. The number of nitrogens with zero attached hydrogens (tertiary/aromatic N) is 3. The number of carbonyl (C=O) groups excluding carboxylic acids is 2. The van der Waals surface area contributed by atoms with E-state index in [0.717, 1.165) is 24.1 Å². The lowest BCUT2D eigenvalue weighted by atomic mass is 9.89. The fourth-order valence-electron chi connectivity index (χ4n) is 4.10. The molecule has 0 aliphatic carbocycles. The molecule has 1 aromatic carbocycles. The Balaban J connectivity index is 1.50. The number of imidazole rings is 1. The maximum Gasteiger partial charge on any atom is 0.274 e. The van der Waals surface area contributed by atoms with Crippen LogP contribution in [0.25, 0.3) is 11.4 Å². The van der Waals surface area contributed by atoms with Crippen LogP contribution in [0.3, 0.4) is 0 Å². The Morgan fingerprint density at radius 3 is 2.50 bits per heavy atom. The van der Waals surface area contributed by atoms with E-state index >= 15 is 0 Å². The van der Waals surface area contributed by atoms with E-state index in [0.29, 0.717) is 44.3 Å². The van der Waals surface area contributed by atoms with Crippen LogP contribution in [0.2, 0.25) is 0 Å². The summed E-state index contributed by atoms with van der Waals surface area (Å²) in [5.41, 5.74) is 1.85. The first-order valence-electron chi connectivity index (χ1n) is 9.78. The number of likely N-dealkylation sites (tertiary alicyclic amines) is 1. The van der Waals surface area contributed by atoms with Crippen LogP contribution in [0.5, 0.6) is 0 Å². The third kappa shape index (κ3) is 3.54. The SMILES string of the molecule is CC(=O)N1CCC2(CC1)CN(C(=O)c1nc(-c3ccccc3)[nH]c1C)CCO2. The van der Waals surface area contributed by atoms with Crippen molar-refractivity contribution in [2.24, 2.45) is 0 Å². The standard InChI is InChI=1S/C21H26N4O3/c1-15-18(23-19(22-15)17-6-4-3-5-7-17)20(27)25-12-13-28-21(14-25)8-10-24(11-9-21)16(2)26/h3-7H,8-14H2,1-2H3,(H,22,23). The molecule has 0 radical (unpaired) electrons. The molecule has 0 atom stereocenters. The summed E-state index contributed by atoms with van der Waals surface area (Å²) in [6.45, 7) is 6.46. The number of piperidine rings is 1. The van der Waals surface area contributed by atoms with Crippen molar-refractivity contribution in [1.82, 2.24) is 19.8 Å². The number of ether oxygens (including phenoxy) is 1. The van der Waals surface area contributed by atoms with Crippen LogP contribution in [-0.4, -0.2) is 70.0 Å². The van der Waals surface area contributed by atoms with Crippen LogP contribution in [0.4, 0.5) is 0 Å². The lowest BCUT2D eigenvalue weighted by Gasteiger charge is -2.47. The third-order valence-electron chi connectivity index (χ3n) is 5.79. The molecule has 2 aliphatic heterocycles. The van der Waals surface area contributed by atoms with Gasteiger partial charge in [0.15, 0.2) is 0 Å². The molecule has 7 heteroatoms. The fraction of sp³-hybridized carbons (Fsp3) is 0.476. The predicted molar refractivity (Wildman–Crippen MR) is 105 cm³/mol. The number of rotatable bonds is 2. The summed E-state index contributed by atoms with van der Waals surface area (Å²) in [6.07, 6.45) is 1.51. The first-order valence-corrected chi connectivity index (χ1v) is 9.78. The van der Waals surface area contributed by atoms with Crippen molar-refractivity contribution in [2.75, 3.05) is 32.8 Å². The van der Waals surface area contributed by atoms with Gasteiger partial charge < -0.3 is 19.5 Å². The number of morpholine rings is 1. The largest absolute Gasteiger partial charge is 0.371 e. The molecule has 28 heavy (non-hydrogen) atoms. The van der Waals surface area contributed by atoms with Gasteiger partial charge in [-0.05, 0) is 19.8 Å². The molecule has 4 rings (SSSR count). The topological polar surface area (TPSA) is 78.5 Å². The number of hydrogen-bond acceptors (Lipinski definition) is 4. The van der Waals surface area contributed by atoms with Crippen LogP contribution in [0, 0.1) is 6.92 Å². The van der Waals surface area contributed by atoms with Gasteiger partial charge in [0.05, 0.1) is 18.8 Å². The number of amides is 2. The molecule has 3 heterocycles. The van der Waals surface area contributed by atoms with E-state index < -0.39 is 0 Å². The van der Waals surface area contributed by atoms with Crippen LogP contribution in [-0.2, 0) is 9.53 Å². The van der Waals surface area contributed by atoms with Gasteiger partial charge in [-0.1, -0.05) is 30.3 Å². The minimum absolute atomic E-state index is 0.0624. The van der Waals surface area contributed by atoms with Gasteiger partial charge in [0.25, 0.3) is 5.91 Å². The van der Waals surface area contributed by atoms with Crippen LogP contribution < -0.4 is 0 Å². The van der Waals surface area contributed by atoms with Gasteiger partial charge in [0, 0.05) is 37.8 Å². The van der Waals surface area contributed by atoms with Crippen LogP contribution >= 0.6 is 0 Å². The molecular weight excluding hydrogens is 356 g/mol. The second-order valence-corrected chi connectivity index (χ2v) is 7.69. The number of aromatic nitrogens is 2. The highest BCUT2D eigenvalue weighted by Gasteiger charge is 2.42. The van der Waals surface area contributed by atoms with Gasteiger partial charge >= 0.3 is 0 Å². The third-order valence-corrected chi connectivity index (χ3v) is 5.79. The van der Waals surface area contributed by atoms with Crippen LogP contribution in [0.1, 0.15) is 35.9 Å². The van der Waals surface area contributed by atoms with Crippen LogP contribution in [0.15, 0.2) is 30.3 Å². The first kappa shape index (κ1) is 18.7. The smallest absolute Gasteiger partial charge is 0.274 e. The van der Waals surface area contributed by atoms with Gasteiger partial charge in [-0.3, -0.25) is 9.59 Å². The predicted octanol–water partition coefficient (Wildman–Crippen LogP) is 2.24. The average molecular weight is 382 g/mol. The summed E-state index contributed by atoms with van der Waals surface area (Å²) in [5, 5.41) is 0. The molecule has 7 nitrogen and oxygen atoms in total. The molecule has 0 unspecified atom stereocenters. The van der Waals surface area contributed by atoms with Crippen molar-refractivity contribution < 1.29 is 14.3 Å². The van der Waals surface area contributed by atoms with Crippen molar-refractivity contribution >= 4 is 11.8 Å². The highest BCUT2D eigenvalue weighted by molar-refractivity contribution is 5.94.